The molecule has 0 heterocycles. The van der Waals surface area contributed by atoms with Gasteiger partial charge in [0, 0.05) is 0 Å². The average molecular weight is 258 g/mol. The molecule has 17 heavy (non-hydrogen) atoms. The molecule has 0 aromatic rings. The molecule has 0 saturated carbocycles. The molecular formula is C10H21F3N2O2. The minimum Gasteiger partial charge on any atom is -0.475 e. The third-order valence-corrected chi connectivity index (χ3v) is 1.90. The van der Waals surface area contributed by atoms with Gasteiger partial charge in [-0.25, -0.2) is 4.79 Å². The second kappa shape index (κ2) is 11.7. The van der Waals surface area contributed by atoms with Crippen molar-refractivity contribution in [3.05, 3.63) is 0 Å². The Hall–Kier alpha value is -0.820. The van der Waals surface area contributed by atoms with Crippen LogP contribution in [0.25, 0.3) is 0 Å². The van der Waals surface area contributed by atoms with Gasteiger partial charge in [-0.3, -0.25) is 0 Å². The van der Waals surface area contributed by atoms with E-state index in [-0.39, 0.29) is 0 Å². The van der Waals surface area contributed by atoms with E-state index in [4.69, 9.17) is 21.4 Å². The van der Waals surface area contributed by atoms with Gasteiger partial charge in [0.05, 0.1) is 0 Å². The lowest BCUT2D eigenvalue weighted by molar-refractivity contribution is -0.192. The molecule has 0 fully saturated rings. The quantitative estimate of drug-likeness (QED) is 0.608. The van der Waals surface area contributed by atoms with Crippen LogP contribution in [0.3, 0.4) is 0 Å². The molecule has 0 aliphatic heterocycles. The highest BCUT2D eigenvalue weighted by molar-refractivity contribution is 5.73. The van der Waals surface area contributed by atoms with E-state index in [1.54, 1.807) is 0 Å². The van der Waals surface area contributed by atoms with Crippen molar-refractivity contribution < 1.29 is 23.1 Å². The van der Waals surface area contributed by atoms with Gasteiger partial charge in [0.1, 0.15) is 0 Å². The van der Waals surface area contributed by atoms with E-state index in [1.807, 2.05) is 0 Å². The van der Waals surface area contributed by atoms with Crippen LogP contribution in [0.1, 0.15) is 38.5 Å². The Morgan fingerprint density at radius 2 is 1.12 bits per heavy atom. The van der Waals surface area contributed by atoms with Gasteiger partial charge in [0.15, 0.2) is 0 Å². The lowest BCUT2D eigenvalue weighted by Gasteiger charge is -1.97. The molecule has 4 nitrogen and oxygen atoms in total. The number of carbonyl (C=O) groups is 1. The maximum absolute atomic E-state index is 10.6. The maximum Gasteiger partial charge on any atom is 0.490 e. The Morgan fingerprint density at radius 1 is 0.882 bits per heavy atom. The molecule has 0 amide bonds. The molecule has 5 N–H and O–H groups in total. The second-order valence-corrected chi connectivity index (χ2v) is 3.50. The van der Waals surface area contributed by atoms with Gasteiger partial charge in [0.25, 0.3) is 0 Å². The van der Waals surface area contributed by atoms with Crippen LogP contribution in [0.4, 0.5) is 13.2 Å². The Labute approximate surface area is 99.2 Å². The zero-order chi connectivity index (χ0) is 13.7. The number of carboxylic acids is 1. The molecule has 0 atom stereocenters. The summed E-state index contributed by atoms with van der Waals surface area (Å²) in [6.45, 7) is 1.69. The fraction of sp³-hybridized carbons (Fsp3) is 0.900. The highest BCUT2D eigenvalue weighted by Crippen LogP contribution is 2.13. The molecule has 0 radical (unpaired) electrons. The molecule has 0 aliphatic rings. The predicted octanol–water partition coefficient (Wildman–Crippen LogP) is 1.88. The van der Waals surface area contributed by atoms with Crippen LogP contribution in [0, 0.1) is 0 Å². The van der Waals surface area contributed by atoms with Crippen molar-refractivity contribution >= 4 is 5.97 Å². The van der Waals surface area contributed by atoms with E-state index in [0.717, 1.165) is 13.1 Å². The molecule has 0 unspecified atom stereocenters. The number of carboxylic acid groups (broad SMARTS) is 1. The Morgan fingerprint density at radius 3 is 1.29 bits per heavy atom. The van der Waals surface area contributed by atoms with Gasteiger partial charge in [-0.05, 0) is 25.9 Å². The summed E-state index contributed by atoms with van der Waals surface area (Å²) in [5.41, 5.74) is 10.7. The van der Waals surface area contributed by atoms with E-state index in [2.05, 4.69) is 0 Å². The molecule has 0 rings (SSSR count). The SMILES string of the molecule is NCCCCCCCCN.O=C(O)C(F)(F)F. The molecular weight excluding hydrogens is 237 g/mol. The summed E-state index contributed by atoms with van der Waals surface area (Å²) < 4.78 is 31.7. The van der Waals surface area contributed by atoms with Crippen LogP contribution in [0.15, 0.2) is 0 Å². The fourth-order valence-corrected chi connectivity index (χ4v) is 0.996. The molecule has 0 saturated heterocycles. The summed E-state index contributed by atoms with van der Waals surface area (Å²) in [6, 6.07) is 0. The van der Waals surface area contributed by atoms with Crippen molar-refractivity contribution in [2.75, 3.05) is 13.1 Å². The van der Waals surface area contributed by atoms with Crippen molar-refractivity contribution in [1.29, 1.82) is 0 Å². The number of rotatable bonds is 7. The Kier molecular flexibility index (Phi) is 12.7. The zero-order valence-electron chi connectivity index (χ0n) is 9.80. The van der Waals surface area contributed by atoms with Crippen molar-refractivity contribution in [2.24, 2.45) is 11.5 Å². The van der Waals surface area contributed by atoms with Crippen LogP contribution < -0.4 is 11.5 Å². The fourth-order valence-electron chi connectivity index (χ4n) is 0.996. The second-order valence-electron chi connectivity index (χ2n) is 3.50. The molecule has 7 heteroatoms. The molecule has 0 spiro atoms. The van der Waals surface area contributed by atoms with Crippen LogP contribution in [-0.2, 0) is 4.79 Å². The van der Waals surface area contributed by atoms with E-state index in [1.165, 1.54) is 38.5 Å². The van der Waals surface area contributed by atoms with Crippen molar-refractivity contribution in [3.63, 3.8) is 0 Å². The van der Waals surface area contributed by atoms with Gasteiger partial charge in [0.2, 0.25) is 0 Å². The van der Waals surface area contributed by atoms with Gasteiger partial charge < -0.3 is 16.6 Å². The maximum atomic E-state index is 10.6. The van der Waals surface area contributed by atoms with Crippen molar-refractivity contribution in [3.8, 4) is 0 Å². The van der Waals surface area contributed by atoms with Crippen LogP contribution in [0.5, 0.6) is 0 Å². The predicted molar refractivity (Wildman–Crippen MR) is 59.5 cm³/mol. The summed E-state index contributed by atoms with van der Waals surface area (Å²) in [5.74, 6) is -2.76. The summed E-state index contributed by atoms with van der Waals surface area (Å²) in [4.78, 5) is 8.90. The molecule has 0 aliphatic carbocycles. The first kappa shape index (κ1) is 18.5. The largest absolute Gasteiger partial charge is 0.490 e. The number of hydrogen-bond donors (Lipinski definition) is 3. The van der Waals surface area contributed by atoms with Crippen LogP contribution >= 0.6 is 0 Å². The third-order valence-electron chi connectivity index (χ3n) is 1.90. The summed E-state index contributed by atoms with van der Waals surface area (Å²) in [6.07, 6.45) is 2.53. The lowest BCUT2D eigenvalue weighted by atomic mass is 10.1. The normalized spacial score (nSPS) is 10.6. The molecule has 0 bridgehead atoms. The number of hydrogen-bond acceptors (Lipinski definition) is 3. The first-order chi connectivity index (χ1) is 7.86. The molecule has 0 aromatic heterocycles. The lowest BCUT2D eigenvalue weighted by Crippen LogP contribution is -2.21. The number of alkyl halides is 3. The third kappa shape index (κ3) is 17.8. The number of nitrogens with two attached hydrogens (primary N) is 2. The van der Waals surface area contributed by atoms with Crippen molar-refractivity contribution in [1.82, 2.24) is 0 Å². The summed E-state index contributed by atoms with van der Waals surface area (Å²) in [5, 5.41) is 7.12. The molecule has 104 valence electrons. The van der Waals surface area contributed by atoms with Gasteiger partial charge in [-0.15, -0.1) is 0 Å². The van der Waals surface area contributed by atoms with E-state index in [0.29, 0.717) is 0 Å². The minimum atomic E-state index is -5.08. The topological polar surface area (TPSA) is 89.3 Å². The first-order valence-corrected chi connectivity index (χ1v) is 5.56. The minimum absolute atomic E-state index is 0.844. The van der Waals surface area contributed by atoms with E-state index < -0.39 is 12.1 Å². The monoisotopic (exact) mass is 258 g/mol. The van der Waals surface area contributed by atoms with E-state index >= 15 is 0 Å². The Balaban J connectivity index is 0. The van der Waals surface area contributed by atoms with Crippen molar-refractivity contribution in [2.45, 2.75) is 44.7 Å². The highest BCUT2D eigenvalue weighted by Gasteiger charge is 2.38. The summed E-state index contributed by atoms with van der Waals surface area (Å²) in [7, 11) is 0. The van der Waals surface area contributed by atoms with Gasteiger partial charge in [-0.1, -0.05) is 25.7 Å². The average Bonchev–Trinajstić information content (AvgIpc) is 2.23. The van der Waals surface area contributed by atoms with E-state index in [9.17, 15) is 13.2 Å². The number of aliphatic carboxylic acids is 1. The standard InChI is InChI=1S/C8H20N2.C2HF3O2/c9-7-5-3-1-2-4-6-8-10;3-2(4,5)1(6)7/h1-10H2;(H,6,7). The zero-order valence-corrected chi connectivity index (χ0v) is 9.80. The molecule has 0 aromatic carbocycles. The first-order valence-electron chi connectivity index (χ1n) is 5.56. The van der Waals surface area contributed by atoms with Crippen LogP contribution in [-0.4, -0.2) is 30.3 Å². The summed E-state index contributed by atoms with van der Waals surface area (Å²) >= 11 is 0. The van der Waals surface area contributed by atoms with Gasteiger partial charge >= 0.3 is 12.1 Å². The number of halogens is 3. The van der Waals surface area contributed by atoms with Crippen LogP contribution in [0.2, 0.25) is 0 Å². The smallest absolute Gasteiger partial charge is 0.475 e. The highest BCUT2D eigenvalue weighted by atomic mass is 19.4. The van der Waals surface area contributed by atoms with Gasteiger partial charge in [-0.2, -0.15) is 13.2 Å². The Bertz CT molecular complexity index is 179. The number of unbranched alkanes of at least 4 members (excludes halogenated alkanes) is 5.